The maximum absolute atomic E-state index is 13.8. The molecule has 6 rings (SSSR count). The van der Waals surface area contributed by atoms with Crippen molar-refractivity contribution in [1.29, 1.82) is 0 Å². The van der Waals surface area contributed by atoms with Crippen LogP contribution in [0.5, 0.6) is 0 Å². The molecule has 188 valence electrons. The zero-order chi connectivity index (χ0) is 25.4. The van der Waals surface area contributed by atoms with Crippen LogP contribution >= 0.6 is 0 Å². The second-order valence-electron chi connectivity index (χ2n) is 8.79. The van der Waals surface area contributed by atoms with Crippen molar-refractivity contribution in [3.05, 3.63) is 66.2 Å². The first-order chi connectivity index (χ1) is 18.1. The van der Waals surface area contributed by atoms with E-state index in [1.807, 2.05) is 10.9 Å². The number of fused-ring (bicyclic) bond motifs is 3. The van der Waals surface area contributed by atoms with Gasteiger partial charge in [-0.25, -0.2) is 14.2 Å². The van der Waals surface area contributed by atoms with Crippen molar-refractivity contribution >= 4 is 27.9 Å². The van der Waals surface area contributed by atoms with E-state index in [0.29, 0.717) is 38.9 Å². The number of nitrogens with zero attached hydrogens (tertiary/aromatic N) is 7. The maximum atomic E-state index is 13.8. The number of carbonyl (C=O) groups is 1. The molecule has 1 fully saturated rings. The van der Waals surface area contributed by atoms with Crippen molar-refractivity contribution in [3.8, 4) is 16.9 Å². The predicted octanol–water partition coefficient (Wildman–Crippen LogP) is 3.09. The number of morpholine rings is 1. The normalized spacial score (nSPS) is 14.4. The summed E-state index contributed by atoms with van der Waals surface area (Å²) >= 11 is 0. The van der Waals surface area contributed by atoms with Crippen molar-refractivity contribution in [1.82, 2.24) is 34.7 Å². The van der Waals surface area contributed by atoms with Gasteiger partial charge in [0.25, 0.3) is 0 Å². The van der Waals surface area contributed by atoms with Gasteiger partial charge in [-0.1, -0.05) is 6.07 Å². The van der Waals surface area contributed by atoms with Crippen molar-refractivity contribution in [3.63, 3.8) is 0 Å². The number of hydrogen-bond acceptors (Lipinski definition) is 8. The highest BCUT2D eigenvalue weighted by Crippen LogP contribution is 2.30. The quantitative estimate of drug-likeness (QED) is 0.327. The number of aromatic nitrogens is 6. The molecule has 5 aromatic rings. The van der Waals surface area contributed by atoms with Gasteiger partial charge in [-0.05, 0) is 30.3 Å². The number of benzene rings is 2. The highest BCUT2D eigenvalue weighted by atomic mass is 19.1. The minimum Gasteiger partial charge on any atom is -0.465 e. The van der Waals surface area contributed by atoms with E-state index in [9.17, 15) is 9.18 Å². The fourth-order valence-electron chi connectivity index (χ4n) is 4.52. The molecule has 0 amide bonds. The molecule has 1 saturated heterocycles. The van der Waals surface area contributed by atoms with E-state index in [2.05, 4.69) is 20.2 Å². The Labute approximate surface area is 211 Å². The van der Waals surface area contributed by atoms with Crippen LogP contribution in [0.4, 0.5) is 4.39 Å². The highest BCUT2D eigenvalue weighted by molar-refractivity contribution is 6.14. The molecule has 1 aliphatic rings. The van der Waals surface area contributed by atoms with Gasteiger partial charge in [0, 0.05) is 42.8 Å². The molecule has 1 aliphatic heterocycles. The van der Waals surface area contributed by atoms with Crippen molar-refractivity contribution in [2.75, 3.05) is 40.0 Å². The van der Waals surface area contributed by atoms with Gasteiger partial charge in [-0.2, -0.15) is 9.90 Å². The molecular weight excluding hydrogens is 477 g/mol. The molecule has 2 aromatic carbocycles. The van der Waals surface area contributed by atoms with Crippen LogP contribution < -0.4 is 0 Å². The largest absolute Gasteiger partial charge is 0.465 e. The van der Waals surface area contributed by atoms with E-state index in [1.165, 1.54) is 24.0 Å². The third-order valence-corrected chi connectivity index (χ3v) is 6.45. The summed E-state index contributed by atoms with van der Waals surface area (Å²) in [6.07, 6.45) is 3.67. The first-order valence-corrected chi connectivity index (χ1v) is 12.0. The van der Waals surface area contributed by atoms with Crippen LogP contribution in [-0.4, -0.2) is 80.6 Å². The molecule has 37 heavy (non-hydrogen) atoms. The number of ether oxygens (including phenoxy) is 2. The van der Waals surface area contributed by atoms with Crippen LogP contribution in [0.3, 0.4) is 0 Å². The van der Waals surface area contributed by atoms with Gasteiger partial charge in [0.05, 0.1) is 55.5 Å². The molecule has 0 radical (unpaired) electrons. The van der Waals surface area contributed by atoms with E-state index in [-0.39, 0.29) is 0 Å². The lowest BCUT2D eigenvalue weighted by Crippen LogP contribution is -2.38. The van der Waals surface area contributed by atoms with Crippen molar-refractivity contribution in [2.24, 2.45) is 0 Å². The lowest BCUT2D eigenvalue weighted by atomic mass is 10.0. The number of pyridine rings is 1. The first-order valence-electron chi connectivity index (χ1n) is 12.0. The smallest absolute Gasteiger partial charge is 0.338 e. The summed E-state index contributed by atoms with van der Waals surface area (Å²) in [6.45, 7) is 4.96. The molecule has 3 aromatic heterocycles. The lowest BCUT2D eigenvalue weighted by Gasteiger charge is -2.26. The Kier molecular flexibility index (Phi) is 6.07. The summed E-state index contributed by atoms with van der Waals surface area (Å²) in [7, 11) is 1.33. The van der Waals surface area contributed by atoms with E-state index >= 15 is 0 Å². The first kappa shape index (κ1) is 23.2. The Morgan fingerprint density at radius 1 is 1.08 bits per heavy atom. The minimum absolute atomic E-state index is 0.320. The lowest BCUT2D eigenvalue weighted by molar-refractivity contribution is 0.0360. The minimum atomic E-state index is -0.513. The maximum Gasteiger partial charge on any atom is 0.338 e. The van der Waals surface area contributed by atoms with Crippen molar-refractivity contribution in [2.45, 2.75) is 6.54 Å². The molecule has 4 heterocycles. The summed E-state index contributed by atoms with van der Waals surface area (Å²) < 4.78 is 26.2. The third-order valence-electron chi connectivity index (χ3n) is 6.45. The van der Waals surface area contributed by atoms with Crippen LogP contribution in [0, 0.1) is 5.82 Å². The fourth-order valence-corrected chi connectivity index (χ4v) is 4.52. The van der Waals surface area contributed by atoms with Crippen LogP contribution in [0.15, 0.2) is 54.9 Å². The number of methoxy groups -OCH3 is 1. The molecule has 0 N–H and O–H groups in total. The van der Waals surface area contributed by atoms with Gasteiger partial charge >= 0.3 is 5.97 Å². The number of halogens is 1. The third kappa shape index (κ3) is 4.54. The topological polar surface area (TPSA) is 100 Å². The summed E-state index contributed by atoms with van der Waals surface area (Å²) in [5.41, 5.74) is 3.77. The van der Waals surface area contributed by atoms with E-state index < -0.39 is 11.8 Å². The Bertz CT molecular complexity index is 1610. The zero-order valence-electron chi connectivity index (χ0n) is 20.2. The summed E-state index contributed by atoms with van der Waals surface area (Å²) in [5, 5.41) is 14.1. The molecular formula is C26H24FN7O3. The summed E-state index contributed by atoms with van der Waals surface area (Å²) in [6, 6.07) is 11.3. The molecule has 0 bridgehead atoms. The van der Waals surface area contributed by atoms with E-state index in [1.54, 1.807) is 36.5 Å². The standard InChI is InChI=1S/C26H24FN7O3/c1-36-26(35)20-14-23(17-15-28-33(16-17)8-7-32-9-11-37-12-10-32)29-21-5-6-22-25(24(20)21)31-34(30-22)19-4-2-3-18(27)13-19/h2-6,13-16H,7-12H2,1H3. The molecule has 0 unspecified atom stereocenters. The SMILES string of the molecule is COC(=O)c1cc(-c2cnn(CCN3CCOCC3)c2)nc2ccc3nn(-c4cccc(F)c4)nc3c12. The van der Waals surface area contributed by atoms with Gasteiger partial charge in [0.15, 0.2) is 0 Å². The molecule has 0 spiro atoms. The van der Waals surface area contributed by atoms with Crippen LogP contribution in [0.2, 0.25) is 0 Å². The molecule has 0 aliphatic carbocycles. The summed E-state index contributed by atoms with van der Waals surface area (Å²) in [5.74, 6) is -0.906. The molecule has 0 saturated carbocycles. The molecule has 10 nitrogen and oxygen atoms in total. The van der Waals surface area contributed by atoms with Crippen molar-refractivity contribution < 1.29 is 18.7 Å². The van der Waals surface area contributed by atoms with E-state index in [0.717, 1.165) is 45.0 Å². The monoisotopic (exact) mass is 501 g/mol. The van der Waals surface area contributed by atoms with E-state index in [4.69, 9.17) is 14.5 Å². The fraction of sp³-hybridized carbons (Fsp3) is 0.269. The second-order valence-corrected chi connectivity index (χ2v) is 8.79. The number of carbonyl (C=O) groups excluding carboxylic acids is 1. The Morgan fingerprint density at radius 2 is 1.92 bits per heavy atom. The van der Waals surface area contributed by atoms with Gasteiger partial charge in [0.2, 0.25) is 0 Å². The van der Waals surface area contributed by atoms with Gasteiger partial charge < -0.3 is 9.47 Å². The van der Waals surface area contributed by atoms with Crippen LogP contribution in [0.25, 0.3) is 38.9 Å². The Morgan fingerprint density at radius 3 is 2.73 bits per heavy atom. The number of hydrogen-bond donors (Lipinski definition) is 0. The number of esters is 1. The molecule has 11 heteroatoms. The van der Waals surface area contributed by atoms with Crippen LogP contribution in [-0.2, 0) is 16.0 Å². The Hall–Kier alpha value is -4.22. The van der Waals surface area contributed by atoms with Gasteiger partial charge in [-0.15, -0.1) is 10.2 Å². The van der Waals surface area contributed by atoms with Gasteiger partial charge in [0.1, 0.15) is 16.9 Å². The van der Waals surface area contributed by atoms with Gasteiger partial charge in [-0.3, -0.25) is 9.58 Å². The Balaban J connectivity index is 1.39. The molecule has 0 atom stereocenters. The highest BCUT2D eigenvalue weighted by Gasteiger charge is 2.20. The summed E-state index contributed by atoms with van der Waals surface area (Å²) in [4.78, 5) is 21.4. The average molecular weight is 502 g/mol. The second kappa shape index (κ2) is 9.68. The predicted molar refractivity (Wildman–Crippen MR) is 134 cm³/mol. The number of rotatable bonds is 6. The zero-order valence-corrected chi connectivity index (χ0v) is 20.2. The average Bonchev–Trinajstić information content (AvgIpc) is 3.59. The van der Waals surface area contributed by atoms with Crippen LogP contribution in [0.1, 0.15) is 10.4 Å².